The van der Waals surface area contributed by atoms with E-state index in [9.17, 15) is 9.59 Å². The summed E-state index contributed by atoms with van der Waals surface area (Å²) in [5, 5.41) is 6.94. The molecule has 150 valence electrons. The van der Waals surface area contributed by atoms with Crippen molar-refractivity contribution in [2.24, 2.45) is 0 Å². The van der Waals surface area contributed by atoms with E-state index >= 15 is 0 Å². The van der Waals surface area contributed by atoms with Crippen LogP contribution in [0, 0.1) is 0 Å². The first-order valence-corrected chi connectivity index (χ1v) is 9.85. The third-order valence-electron chi connectivity index (χ3n) is 4.95. The predicted molar refractivity (Wildman–Crippen MR) is 111 cm³/mol. The van der Waals surface area contributed by atoms with Gasteiger partial charge in [-0.25, -0.2) is 9.97 Å². The van der Waals surface area contributed by atoms with Gasteiger partial charge >= 0.3 is 0 Å². The fraction of sp³-hybridized carbons (Fsp3) is 0.300. The monoisotopic (exact) mass is 412 g/mol. The van der Waals surface area contributed by atoms with Crippen LogP contribution in [-0.4, -0.2) is 52.4 Å². The number of carbonyl (C=O) groups is 2. The number of nitrogens with one attached hydrogen (secondary N) is 3. The lowest BCUT2D eigenvalue weighted by Gasteiger charge is -2.34. The highest BCUT2D eigenvalue weighted by Crippen LogP contribution is 2.25. The van der Waals surface area contributed by atoms with E-state index in [1.165, 1.54) is 0 Å². The van der Waals surface area contributed by atoms with Crippen LogP contribution in [0.2, 0.25) is 5.02 Å². The number of halogens is 1. The summed E-state index contributed by atoms with van der Waals surface area (Å²) in [6.07, 6.45) is 5.20. The number of aromatic amines is 1. The molecule has 2 amide bonds. The Kier molecular flexibility index (Phi) is 5.62. The lowest BCUT2D eigenvalue weighted by Crippen LogP contribution is -2.50. The highest BCUT2D eigenvalue weighted by molar-refractivity contribution is 6.33. The number of anilines is 1. The maximum Gasteiger partial charge on any atom is 0.253 e. The van der Waals surface area contributed by atoms with Crippen LogP contribution in [0.1, 0.15) is 23.2 Å². The Morgan fingerprint density at radius 3 is 2.97 bits per heavy atom. The second-order valence-electron chi connectivity index (χ2n) is 6.95. The molecule has 1 atom stereocenters. The Hall–Kier alpha value is -3.13. The van der Waals surface area contributed by atoms with Gasteiger partial charge in [-0.3, -0.25) is 9.59 Å². The SMILES string of the molecule is O=C(CNC(=O)c1ccccc1Cl)N[C@H]1CCCN(c2ncnc3[nH]ccc23)C1. The summed E-state index contributed by atoms with van der Waals surface area (Å²) >= 11 is 6.02. The zero-order chi connectivity index (χ0) is 20.2. The van der Waals surface area contributed by atoms with Crippen molar-refractivity contribution in [2.45, 2.75) is 18.9 Å². The molecule has 0 bridgehead atoms. The third kappa shape index (κ3) is 4.32. The Balaban J connectivity index is 1.33. The molecule has 29 heavy (non-hydrogen) atoms. The van der Waals surface area contributed by atoms with Gasteiger partial charge in [-0.05, 0) is 31.0 Å². The summed E-state index contributed by atoms with van der Waals surface area (Å²) in [5.74, 6) is 0.265. The molecule has 3 N–H and O–H groups in total. The van der Waals surface area contributed by atoms with Gasteiger partial charge in [0, 0.05) is 25.3 Å². The fourth-order valence-electron chi connectivity index (χ4n) is 3.58. The lowest BCUT2D eigenvalue weighted by atomic mass is 10.1. The van der Waals surface area contributed by atoms with Crippen LogP contribution in [0.4, 0.5) is 5.82 Å². The largest absolute Gasteiger partial charge is 0.354 e. The molecule has 0 saturated carbocycles. The van der Waals surface area contributed by atoms with E-state index < -0.39 is 0 Å². The van der Waals surface area contributed by atoms with E-state index in [1.807, 2.05) is 12.3 Å². The summed E-state index contributed by atoms with van der Waals surface area (Å²) in [6, 6.07) is 8.68. The van der Waals surface area contributed by atoms with Crippen molar-refractivity contribution in [2.75, 3.05) is 24.5 Å². The maximum absolute atomic E-state index is 12.3. The number of benzene rings is 1. The van der Waals surface area contributed by atoms with Gasteiger partial charge in [0.15, 0.2) is 0 Å². The molecule has 1 fully saturated rings. The topological polar surface area (TPSA) is 103 Å². The van der Waals surface area contributed by atoms with Crippen molar-refractivity contribution < 1.29 is 9.59 Å². The van der Waals surface area contributed by atoms with Gasteiger partial charge in [0.05, 0.1) is 22.5 Å². The number of fused-ring (bicyclic) bond motifs is 1. The molecule has 1 saturated heterocycles. The summed E-state index contributed by atoms with van der Waals surface area (Å²) < 4.78 is 0. The van der Waals surface area contributed by atoms with Crippen molar-refractivity contribution >= 4 is 40.3 Å². The Morgan fingerprint density at radius 1 is 1.24 bits per heavy atom. The van der Waals surface area contributed by atoms with Gasteiger partial charge in [0.2, 0.25) is 5.91 Å². The van der Waals surface area contributed by atoms with Crippen molar-refractivity contribution in [3.05, 3.63) is 53.4 Å². The quantitative estimate of drug-likeness (QED) is 0.595. The molecule has 1 aromatic carbocycles. The van der Waals surface area contributed by atoms with Crippen LogP contribution in [0.3, 0.4) is 0 Å². The Labute approximate surface area is 172 Å². The van der Waals surface area contributed by atoms with Crippen molar-refractivity contribution in [1.82, 2.24) is 25.6 Å². The highest BCUT2D eigenvalue weighted by Gasteiger charge is 2.24. The second kappa shape index (κ2) is 8.48. The zero-order valence-electron chi connectivity index (χ0n) is 15.7. The number of rotatable bonds is 5. The first-order chi connectivity index (χ1) is 14.1. The minimum Gasteiger partial charge on any atom is -0.354 e. The van der Waals surface area contributed by atoms with Crippen LogP contribution >= 0.6 is 11.6 Å². The van der Waals surface area contributed by atoms with Gasteiger partial charge in [0.25, 0.3) is 5.91 Å². The van der Waals surface area contributed by atoms with E-state index in [-0.39, 0.29) is 24.4 Å². The molecular weight excluding hydrogens is 392 g/mol. The molecule has 0 unspecified atom stereocenters. The standard InChI is InChI=1S/C20H21ClN6O2/c21-16-6-2-1-5-14(16)20(29)23-10-17(28)26-13-4-3-9-27(11-13)19-15-7-8-22-18(15)24-12-25-19/h1-2,5-8,12-13H,3-4,9-11H2,(H,23,29)(H,26,28)(H,22,24,25)/t13-/m0/s1. The summed E-state index contributed by atoms with van der Waals surface area (Å²) in [6.45, 7) is 1.42. The third-order valence-corrected chi connectivity index (χ3v) is 5.28. The molecule has 1 aliphatic heterocycles. The number of amides is 2. The number of hydrogen-bond donors (Lipinski definition) is 3. The first kappa shape index (κ1) is 19.2. The molecule has 3 heterocycles. The van der Waals surface area contributed by atoms with Crippen molar-refractivity contribution in [1.29, 1.82) is 0 Å². The number of carbonyl (C=O) groups excluding carboxylic acids is 2. The molecule has 1 aliphatic rings. The summed E-state index contributed by atoms with van der Waals surface area (Å²) in [4.78, 5) is 38.4. The van der Waals surface area contributed by atoms with Crippen LogP contribution in [-0.2, 0) is 4.79 Å². The smallest absolute Gasteiger partial charge is 0.253 e. The predicted octanol–water partition coefficient (Wildman–Crippen LogP) is 2.13. The fourth-order valence-corrected chi connectivity index (χ4v) is 3.80. The van der Waals surface area contributed by atoms with Crippen molar-refractivity contribution in [3.63, 3.8) is 0 Å². The van der Waals surface area contributed by atoms with E-state index in [1.54, 1.807) is 30.6 Å². The molecule has 3 aromatic rings. The number of nitrogens with zero attached hydrogens (tertiary/aromatic N) is 3. The highest BCUT2D eigenvalue weighted by atomic mass is 35.5. The van der Waals surface area contributed by atoms with Gasteiger partial charge in [-0.15, -0.1) is 0 Å². The summed E-state index contributed by atoms with van der Waals surface area (Å²) in [5.41, 5.74) is 1.15. The normalized spacial score (nSPS) is 16.6. The maximum atomic E-state index is 12.3. The first-order valence-electron chi connectivity index (χ1n) is 9.47. The van der Waals surface area contributed by atoms with Crippen molar-refractivity contribution in [3.8, 4) is 0 Å². The molecule has 9 heteroatoms. The molecule has 4 rings (SSSR count). The van der Waals surface area contributed by atoms with Gasteiger partial charge in [-0.2, -0.15) is 0 Å². The van der Waals surface area contributed by atoms with Gasteiger partial charge in [0.1, 0.15) is 17.8 Å². The molecule has 0 aliphatic carbocycles. The summed E-state index contributed by atoms with van der Waals surface area (Å²) in [7, 11) is 0. The molecule has 0 spiro atoms. The minimum atomic E-state index is -0.369. The Bertz CT molecular complexity index is 1040. The molecular formula is C20H21ClN6O2. The Morgan fingerprint density at radius 2 is 2.10 bits per heavy atom. The molecule has 8 nitrogen and oxygen atoms in total. The van der Waals surface area contributed by atoms with Crippen LogP contribution in [0.5, 0.6) is 0 Å². The van der Waals surface area contributed by atoms with Crippen LogP contribution < -0.4 is 15.5 Å². The van der Waals surface area contributed by atoms with Gasteiger partial charge in [-0.1, -0.05) is 23.7 Å². The minimum absolute atomic E-state index is 0.0163. The second-order valence-corrected chi connectivity index (χ2v) is 7.36. The number of hydrogen-bond acceptors (Lipinski definition) is 5. The van der Waals surface area contributed by atoms with E-state index in [0.717, 1.165) is 36.2 Å². The van der Waals surface area contributed by atoms with Crippen LogP contribution in [0.25, 0.3) is 11.0 Å². The number of piperidine rings is 1. The van der Waals surface area contributed by atoms with E-state index in [2.05, 4.69) is 30.5 Å². The average Bonchev–Trinajstić information content (AvgIpc) is 3.21. The number of H-pyrrole nitrogens is 1. The zero-order valence-corrected chi connectivity index (χ0v) is 16.4. The average molecular weight is 413 g/mol. The van der Waals surface area contributed by atoms with E-state index in [0.29, 0.717) is 17.1 Å². The molecule has 2 aromatic heterocycles. The number of aromatic nitrogens is 3. The lowest BCUT2D eigenvalue weighted by molar-refractivity contribution is -0.120. The van der Waals surface area contributed by atoms with Gasteiger partial charge < -0.3 is 20.5 Å². The van der Waals surface area contributed by atoms with Crippen LogP contribution in [0.15, 0.2) is 42.9 Å². The molecule has 0 radical (unpaired) electrons. The van der Waals surface area contributed by atoms with E-state index in [4.69, 9.17) is 11.6 Å².